The van der Waals surface area contributed by atoms with E-state index in [0.717, 1.165) is 23.6 Å². The SMILES string of the molecule is CC1=C(C(=O)OCCNC(=O)OC(C)(C)C)C(c2c(F)cccc2Cl)=C2C(=CS(=O)(=O)c3ccccc3S2(=O)=O)N1. The zero-order valence-electron chi connectivity index (χ0n) is 22.4. The highest BCUT2D eigenvalue weighted by Gasteiger charge is 2.43. The van der Waals surface area contributed by atoms with Gasteiger partial charge in [0.2, 0.25) is 19.7 Å². The smallest absolute Gasteiger partial charge is 0.407 e. The van der Waals surface area contributed by atoms with Crippen LogP contribution in [0.1, 0.15) is 33.3 Å². The maximum Gasteiger partial charge on any atom is 0.407 e. The summed E-state index contributed by atoms with van der Waals surface area (Å²) in [6.45, 7) is 5.90. The Morgan fingerprint density at radius 2 is 1.68 bits per heavy atom. The topological polar surface area (TPSA) is 145 Å². The van der Waals surface area contributed by atoms with Gasteiger partial charge in [0.05, 0.1) is 38.0 Å². The number of rotatable bonds is 5. The monoisotopic (exact) mass is 624 g/mol. The largest absolute Gasteiger partial charge is 0.460 e. The number of ether oxygens (including phenoxy) is 2. The summed E-state index contributed by atoms with van der Waals surface area (Å²) < 4.78 is 80.4. The van der Waals surface area contributed by atoms with Crippen molar-refractivity contribution in [3.63, 3.8) is 0 Å². The first kappa shape index (κ1) is 30.3. The first-order chi connectivity index (χ1) is 19.0. The fourth-order valence-corrected chi connectivity index (χ4v) is 8.19. The van der Waals surface area contributed by atoms with Crippen LogP contribution in [0.3, 0.4) is 0 Å². The lowest BCUT2D eigenvalue weighted by atomic mass is 9.92. The zero-order valence-corrected chi connectivity index (χ0v) is 24.8. The van der Waals surface area contributed by atoms with Gasteiger partial charge in [0, 0.05) is 16.8 Å². The van der Waals surface area contributed by atoms with Gasteiger partial charge in [-0.3, -0.25) is 0 Å². The maximum absolute atomic E-state index is 15.4. The second-order valence-electron chi connectivity index (χ2n) is 10.0. The molecule has 2 aromatic carbocycles. The summed E-state index contributed by atoms with van der Waals surface area (Å²) in [6, 6.07) is 8.58. The second-order valence-corrected chi connectivity index (χ2v) is 14.0. The summed E-state index contributed by atoms with van der Waals surface area (Å²) in [5.74, 6) is -2.03. The van der Waals surface area contributed by atoms with Gasteiger partial charge in [0.15, 0.2) is 0 Å². The molecule has 41 heavy (non-hydrogen) atoms. The van der Waals surface area contributed by atoms with Gasteiger partial charge >= 0.3 is 12.1 Å². The van der Waals surface area contributed by atoms with Crippen molar-refractivity contribution < 1.29 is 40.3 Å². The van der Waals surface area contributed by atoms with E-state index in [9.17, 15) is 26.4 Å². The number of hydrogen-bond donors (Lipinski definition) is 2. The van der Waals surface area contributed by atoms with Crippen LogP contribution < -0.4 is 10.6 Å². The van der Waals surface area contributed by atoms with Gasteiger partial charge < -0.3 is 20.1 Å². The van der Waals surface area contributed by atoms with Crippen molar-refractivity contribution in [1.82, 2.24) is 10.6 Å². The number of hydrogen-bond acceptors (Lipinski definition) is 9. The van der Waals surface area contributed by atoms with Crippen LogP contribution in [-0.2, 0) is 33.9 Å². The predicted octanol–water partition coefficient (Wildman–Crippen LogP) is 4.24. The Balaban J connectivity index is 1.87. The third-order valence-electron chi connectivity index (χ3n) is 5.83. The van der Waals surface area contributed by atoms with Crippen LogP contribution in [0.15, 0.2) is 79.5 Å². The molecule has 2 aliphatic rings. The highest BCUT2D eigenvalue weighted by Crippen LogP contribution is 2.46. The number of nitrogens with one attached hydrogen (secondary N) is 2. The molecule has 0 aromatic heterocycles. The summed E-state index contributed by atoms with van der Waals surface area (Å²) >= 11 is 6.35. The molecule has 2 aromatic rings. The van der Waals surface area contributed by atoms with Crippen molar-refractivity contribution in [2.24, 2.45) is 0 Å². The second kappa shape index (κ2) is 11.0. The summed E-state index contributed by atoms with van der Waals surface area (Å²) in [6.07, 6.45) is -0.747. The molecule has 10 nitrogen and oxygen atoms in total. The van der Waals surface area contributed by atoms with E-state index in [-0.39, 0.29) is 29.4 Å². The Bertz CT molecular complexity index is 1750. The average Bonchev–Trinajstić information content (AvgIpc) is 2.91. The fourth-order valence-electron chi connectivity index (χ4n) is 4.27. The number of fused-ring (bicyclic) bond motifs is 2. The average molecular weight is 625 g/mol. The molecule has 0 radical (unpaired) electrons. The lowest BCUT2D eigenvalue weighted by Gasteiger charge is -2.27. The van der Waals surface area contributed by atoms with Crippen LogP contribution >= 0.6 is 11.6 Å². The standard InChI is InChI=1S/C27H26ClFN2O8S2/c1-15-21(25(32)38-13-12-30-26(33)39-27(2,3)4)23(22-16(28)8-7-9-17(22)29)24-18(31-15)14-40(34,35)19-10-5-6-11-20(19)41(24,36)37/h5-11,14,31H,12-13H2,1-4H3,(H,30,33). The summed E-state index contributed by atoms with van der Waals surface area (Å²) in [7, 11) is -9.00. The molecule has 0 spiro atoms. The van der Waals surface area contributed by atoms with Gasteiger partial charge in [-0.25, -0.2) is 30.8 Å². The minimum Gasteiger partial charge on any atom is -0.460 e. The number of benzene rings is 2. The van der Waals surface area contributed by atoms with E-state index in [2.05, 4.69) is 10.6 Å². The van der Waals surface area contributed by atoms with Gasteiger partial charge in [0.25, 0.3) is 0 Å². The first-order valence-electron chi connectivity index (χ1n) is 12.2. The lowest BCUT2D eigenvalue weighted by Crippen LogP contribution is -2.35. The minimum atomic E-state index is -4.70. The summed E-state index contributed by atoms with van der Waals surface area (Å²) in [4.78, 5) is 23.6. The molecule has 0 bridgehead atoms. The molecule has 2 heterocycles. The van der Waals surface area contributed by atoms with Crippen molar-refractivity contribution in [3.8, 4) is 0 Å². The van der Waals surface area contributed by atoms with Crippen LogP contribution in [0.25, 0.3) is 5.57 Å². The number of dihydropyridines is 1. The molecule has 0 fully saturated rings. The molecule has 4 rings (SSSR count). The van der Waals surface area contributed by atoms with Crippen LogP contribution in [0.5, 0.6) is 0 Å². The Kier molecular flexibility index (Phi) is 8.09. The molecular formula is C27H26ClFN2O8S2. The minimum absolute atomic E-state index is 0.0178. The van der Waals surface area contributed by atoms with E-state index in [1.807, 2.05) is 0 Å². The van der Waals surface area contributed by atoms with Crippen molar-refractivity contribution in [1.29, 1.82) is 0 Å². The van der Waals surface area contributed by atoms with Crippen molar-refractivity contribution >= 4 is 48.9 Å². The molecular weight excluding hydrogens is 599 g/mol. The lowest BCUT2D eigenvalue weighted by molar-refractivity contribution is -0.138. The summed E-state index contributed by atoms with van der Waals surface area (Å²) in [5, 5.41) is 5.59. The molecule has 0 saturated heterocycles. The number of allylic oxidation sites excluding steroid dienone is 1. The van der Waals surface area contributed by atoms with E-state index in [0.29, 0.717) is 0 Å². The number of carbonyl (C=O) groups excluding carboxylic acids is 2. The molecule has 218 valence electrons. The Morgan fingerprint density at radius 1 is 1.02 bits per heavy atom. The van der Waals surface area contributed by atoms with Crippen molar-refractivity contribution in [3.05, 3.63) is 86.1 Å². The molecule has 2 aliphatic heterocycles. The first-order valence-corrected chi connectivity index (χ1v) is 15.6. The number of halogens is 2. The molecule has 0 atom stereocenters. The van der Waals surface area contributed by atoms with Gasteiger partial charge in [-0.2, -0.15) is 0 Å². The van der Waals surface area contributed by atoms with Crippen LogP contribution in [0, 0.1) is 5.82 Å². The van der Waals surface area contributed by atoms with Crippen LogP contribution in [0.2, 0.25) is 5.02 Å². The molecule has 0 unspecified atom stereocenters. The fraction of sp³-hybridized carbons (Fsp3) is 0.259. The Labute approximate surface area is 241 Å². The molecule has 0 saturated carbocycles. The van der Waals surface area contributed by atoms with Crippen molar-refractivity contribution in [2.75, 3.05) is 13.2 Å². The van der Waals surface area contributed by atoms with E-state index >= 15 is 4.39 Å². The molecule has 0 aliphatic carbocycles. The third kappa shape index (κ3) is 6.02. The van der Waals surface area contributed by atoms with Gasteiger partial charge in [-0.15, -0.1) is 0 Å². The van der Waals surface area contributed by atoms with E-state index in [4.69, 9.17) is 21.1 Å². The Hall–Kier alpha value is -3.68. The van der Waals surface area contributed by atoms with E-state index < -0.39 is 74.7 Å². The predicted molar refractivity (Wildman–Crippen MR) is 148 cm³/mol. The molecule has 1 amide bonds. The quantitative estimate of drug-likeness (QED) is 0.368. The van der Waals surface area contributed by atoms with E-state index in [1.165, 1.54) is 31.2 Å². The number of carbonyl (C=O) groups is 2. The van der Waals surface area contributed by atoms with Crippen LogP contribution in [0.4, 0.5) is 9.18 Å². The van der Waals surface area contributed by atoms with Gasteiger partial charge in [-0.1, -0.05) is 29.8 Å². The maximum atomic E-state index is 15.4. The van der Waals surface area contributed by atoms with Crippen LogP contribution in [-0.4, -0.2) is 47.7 Å². The van der Waals surface area contributed by atoms with Gasteiger partial charge in [-0.05, 0) is 52.0 Å². The zero-order chi connectivity index (χ0) is 30.3. The van der Waals surface area contributed by atoms with Crippen molar-refractivity contribution in [2.45, 2.75) is 43.1 Å². The number of amides is 1. The van der Waals surface area contributed by atoms with Gasteiger partial charge in [0.1, 0.15) is 22.9 Å². The normalized spacial score (nSPS) is 17.4. The highest BCUT2D eigenvalue weighted by atomic mass is 35.5. The number of alkyl carbamates (subject to hydrolysis) is 1. The molecule has 2 N–H and O–H groups in total. The Morgan fingerprint density at radius 3 is 2.32 bits per heavy atom. The summed E-state index contributed by atoms with van der Waals surface area (Å²) in [5.41, 5.74) is -2.45. The number of esters is 1. The molecule has 14 heteroatoms. The third-order valence-corrected chi connectivity index (χ3v) is 9.68. The number of sulfone groups is 2. The van der Waals surface area contributed by atoms with E-state index in [1.54, 1.807) is 20.8 Å². The highest BCUT2D eigenvalue weighted by molar-refractivity contribution is 7.99.